The number of nitrogens with zero attached hydrogens (tertiary/aromatic N) is 1. The Labute approximate surface area is 170 Å². The van der Waals surface area contributed by atoms with Gasteiger partial charge in [-0.25, -0.2) is 0 Å². The lowest BCUT2D eigenvalue weighted by Crippen LogP contribution is -2.39. The van der Waals surface area contributed by atoms with Gasteiger partial charge in [-0.3, -0.25) is 4.99 Å². The predicted octanol–water partition coefficient (Wildman–Crippen LogP) is 4.00. The summed E-state index contributed by atoms with van der Waals surface area (Å²) in [5.74, 6) is 0.452. The second-order valence-corrected chi connectivity index (χ2v) is 5.39. The van der Waals surface area contributed by atoms with E-state index in [2.05, 4.69) is 20.4 Å². The van der Waals surface area contributed by atoms with Crippen molar-refractivity contribution in [1.82, 2.24) is 10.6 Å². The maximum atomic E-state index is 12.5. The van der Waals surface area contributed by atoms with E-state index in [4.69, 9.17) is 0 Å². The highest BCUT2D eigenvalue weighted by Gasteiger charge is 2.29. The second-order valence-electron chi connectivity index (χ2n) is 5.39. The van der Waals surface area contributed by atoms with Gasteiger partial charge >= 0.3 is 12.4 Å². The van der Waals surface area contributed by atoms with E-state index in [-0.39, 0.29) is 30.6 Å². The lowest BCUT2D eigenvalue weighted by molar-refractivity contribution is -0.173. The van der Waals surface area contributed by atoms with Crippen molar-refractivity contribution in [3.05, 3.63) is 35.4 Å². The zero-order chi connectivity index (χ0) is 19.6. The van der Waals surface area contributed by atoms with E-state index in [1.807, 2.05) is 0 Å². The van der Waals surface area contributed by atoms with Crippen LogP contribution >= 0.6 is 24.0 Å². The summed E-state index contributed by atoms with van der Waals surface area (Å²) in [4.78, 5) is 3.95. The van der Waals surface area contributed by atoms with E-state index >= 15 is 0 Å². The van der Waals surface area contributed by atoms with E-state index in [1.165, 1.54) is 19.2 Å². The van der Waals surface area contributed by atoms with E-state index < -0.39 is 24.5 Å². The van der Waals surface area contributed by atoms with Gasteiger partial charge in [0, 0.05) is 26.7 Å². The molecular formula is C16H22F6IN3O. The van der Waals surface area contributed by atoms with Gasteiger partial charge in [0.1, 0.15) is 6.61 Å². The minimum atomic E-state index is -4.35. The first kappa shape index (κ1) is 25.8. The molecule has 0 aliphatic rings. The summed E-state index contributed by atoms with van der Waals surface area (Å²) in [5.41, 5.74) is 0.0425. The van der Waals surface area contributed by atoms with Gasteiger partial charge in [0.2, 0.25) is 0 Å². The van der Waals surface area contributed by atoms with Crippen molar-refractivity contribution < 1.29 is 31.1 Å². The van der Waals surface area contributed by atoms with Crippen LogP contribution in [0.5, 0.6) is 0 Å². The maximum absolute atomic E-state index is 12.5. The smallest absolute Gasteiger partial charge is 0.372 e. The topological polar surface area (TPSA) is 45.7 Å². The van der Waals surface area contributed by atoms with Crippen LogP contribution in [-0.4, -0.2) is 45.5 Å². The zero-order valence-corrected chi connectivity index (χ0v) is 16.9. The van der Waals surface area contributed by atoms with Gasteiger partial charge in [-0.1, -0.05) is 12.1 Å². The summed E-state index contributed by atoms with van der Waals surface area (Å²) in [7, 11) is 1.54. The molecule has 1 rings (SSSR count). The summed E-state index contributed by atoms with van der Waals surface area (Å²) in [5, 5.41) is 5.88. The molecule has 0 fully saturated rings. The molecule has 1 aromatic carbocycles. The molecule has 0 atom stereocenters. The molecule has 0 spiro atoms. The molecule has 156 valence electrons. The fourth-order valence-electron chi connectivity index (χ4n) is 1.98. The molecule has 1 aromatic rings. The van der Waals surface area contributed by atoms with Crippen molar-refractivity contribution >= 4 is 29.9 Å². The van der Waals surface area contributed by atoms with Crippen LogP contribution in [0.2, 0.25) is 0 Å². The number of guanidine groups is 1. The molecule has 27 heavy (non-hydrogen) atoms. The number of ether oxygens (including phenoxy) is 1. The number of nitrogens with one attached hydrogen (secondary N) is 2. The molecule has 0 unspecified atom stereocenters. The van der Waals surface area contributed by atoms with Crippen molar-refractivity contribution in [1.29, 1.82) is 0 Å². The van der Waals surface area contributed by atoms with Gasteiger partial charge in [-0.2, -0.15) is 26.3 Å². The van der Waals surface area contributed by atoms with E-state index in [0.717, 1.165) is 17.7 Å². The third-order valence-corrected chi connectivity index (χ3v) is 3.23. The molecule has 0 saturated heterocycles. The summed E-state index contributed by atoms with van der Waals surface area (Å²) in [6.45, 7) is -0.490. The predicted molar refractivity (Wildman–Crippen MR) is 101 cm³/mol. The molecular weight excluding hydrogens is 491 g/mol. The van der Waals surface area contributed by atoms with Crippen LogP contribution in [0.3, 0.4) is 0 Å². The molecule has 0 radical (unpaired) electrons. The minimum absolute atomic E-state index is 0. The molecule has 11 heteroatoms. The molecule has 0 aliphatic carbocycles. The van der Waals surface area contributed by atoms with Gasteiger partial charge in [-0.15, -0.1) is 24.0 Å². The molecule has 0 amide bonds. The van der Waals surface area contributed by atoms with Gasteiger partial charge in [0.25, 0.3) is 0 Å². The van der Waals surface area contributed by atoms with Crippen LogP contribution in [0.1, 0.15) is 17.5 Å². The second kappa shape index (κ2) is 12.3. The van der Waals surface area contributed by atoms with Crippen molar-refractivity contribution in [3.8, 4) is 0 Å². The summed E-state index contributed by atoms with van der Waals surface area (Å²) < 4.78 is 77.6. The molecule has 0 saturated carbocycles. The first-order chi connectivity index (χ1) is 12.1. The number of hydrogen-bond donors (Lipinski definition) is 2. The van der Waals surface area contributed by atoms with E-state index in [0.29, 0.717) is 31.9 Å². The number of rotatable bonds is 8. The average Bonchev–Trinajstić information content (AvgIpc) is 2.55. The highest BCUT2D eigenvalue weighted by Crippen LogP contribution is 2.29. The van der Waals surface area contributed by atoms with Crippen molar-refractivity contribution in [2.75, 3.05) is 33.4 Å². The van der Waals surface area contributed by atoms with Crippen molar-refractivity contribution in [3.63, 3.8) is 0 Å². The van der Waals surface area contributed by atoms with Gasteiger partial charge in [0.05, 0.1) is 5.56 Å². The fourth-order valence-corrected chi connectivity index (χ4v) is 1.98. The number of aliphatic imine (C=N–C) groups is 1. The first-order valence-electron chi connectivity index (χ1n) is 7.87. The third kappa shape index (κ3) is 12.0. The number of alkyl halides is 6. The Bertz CT molecular complexity index is 561. The van der Waals surface area contributed by atoms with Crippen LogP contribution in [-0.2, 0) is 17.3 Å². The van der Waals surface area contributed by atoms with Crippen LogP contribution in [0.4, 0.5) is 26.3 Å². The Balaban J connectivity index is 0.00000676. The molecule has 4 nitrogen and oxygen atoms in total. The van der Waals surface area contributed by atoms with Crippen LogP contribution in [0, 0.1) is 0 Å². The summed E-state index contributed by atoms with van der Waals surface area (Å²) in [6, 6.07) is 4.89. The lowest BCUT2D eigenvalue weighted by atomic mass is 10.1. The molecule has 0 aliphatic heterocycles. The number of hydrogen-bond acceptors (Lipinski definition) is 2. The van der Waals surface area contributed by atoms with Gasteiger partial charge in [-0.05, 0) is 30.5 Å². The van der Waals surface area contributed by atoms with Crippen LogP contribution < -0.4 is 10.6 Å². The standard InChI is InChI=1S/C16H21F6N3O.HI/c1-23-14(24-8-2-10-26-11-15(17,18)19)25-9-7-12-3-5-13(6-4-12)16(20,21)22;/h3-6H,2,7-11H2,1H3,(H2,23,24,25);1H. The Morgan fingerprint density at radius 3 is 2.11 bits per heavy atom. The molecule has 0 aromatic heterocycles. The lowest BCUT2D eigenvalue weighted by Gasteiger charge is -2.13. The summed E-state index contributed by atoms with van der Waals surface area (Å²) >= 11 is 0. The number of benzene rings is 1. The molecule has 2 N–H and O–H groups in total. The highest BCUT2D eigenvalue weighted by molar-refractivity contribution is 14.0. The average molecular weight is 513 g/mol. The van der Waals surface area contributed by atoms with Gasteiger partial charge < -0.3 is 15.4 Å². The van der Waals surface area contributed by atoms with Crippen LogP contribution in [0.25, 0.3) is 0 Å². The zero-order valence-electron chi connectivity index (χ0n) is 14.6. The Morgan fingerprint density at radius 1 is 1.00 bits per heavy atom. The van der Waals surface area contributed by atoms with E-state index in [1.54, 1.807) is 0 Å². The Morgan fingerprint density at radius 2 is 1.59 bits per heavy atom. The van der Waals surface area contributed by atoms with Crippen molar-refractivity contribution in [2.45, 2.75) is 25.2 Å². The quantitative estimate of drug-likeness (QED) is 0.182. The van der Waals surface area contributed by atoms with Gasteiger partial charge in [0.15, 0.2) is 5.96 Å². The summed E-state index contributed by atoms with van der Waals surface area (Å²) in [6.07, 6.45) is -7.82. The Hall–Kier alpha value is -1.24. The van der Waals surface area contributed by atoms with E-state index in [9.17, 15) is 26.3 Å². The first-order valence-corrected chi connectivity index (χ1v) is 7.87. The largest absolute Gasteiger partial charge is 0.416 e. The monoisotopic (exact) mass is 513 g/mol. The highest BCUT2D eigenvalue weighted by atomic mass is 127. The van der Waals surface area contributed by atoms with Crippen LogP contribution in [0.15, 0.2) is 29.3 Å². The molecule has 0 heterocycles. The van der Waals surface area contributed by atoms with Crippen molar-refractivity contribution in [2.24, 2.45) is 4.99 Å². The SMILES string of the molecule is CN=C(NCCCOCC(F)(F)F)NCCc1ccc(C(F)(F)F)cc1.I. The normalized spacial score (nSPS) is 12.5. The maximum Gasteiger partial charge on any atom is 0.416 e. The number of halogens is 7. The minimum Gasteiger partial charge on any atom is -0.372 e. The third-order valence-electron chi connectivity index (χ3n) is 3.23. The Kier molecular flexibility index (Phi) is 11.7. The fraction of sp³-hybridized carbons (Fsp3) is 0.562. The molecule has 0 bridgehead atoms.